The Morgan fingerprint density at radius 3 is 2.54 bits per heavy atom. The van der Waals surface area contributed by atoms with Gasteiger partial charge in [0, 0.05) is 25.0 Å². The van der Waals surface area contributed by atoms with Crippen molar-refractivity contribution >= 4 is 23.2 Å². The van der Waals surface area contributed by atoms with Gasteiger partial charge in [0.1, 0.15) is 10.5 Å². The highest BCUT2D eigenvalue weighted by Crippen LogP contribution is 2.56. The van der Waals surface area contributed by atoms with Crippen molar-refractivity contribution < 1.29 is 4.39 Å². The molecule has 2 fully saturated rings. The van der Waals surface area contributed by atoms with Crippen molar-refractivity contribution in [3.63, 3.8) is 0 Å². The summed E-state index contributed by atoms with van der Waals surface area (Å²) in [6, 6.07) is 0.329. The molecule has 1 nitrogen and oxygen atoms in total. The molecule has 3 atom stereocenters. The van der Waals surface area contributed by atoms with Gasteiger partial charge in [-0.3, -0.25) is 4.90 Å². The highest BCUT2D eigenvalue weighted by molar-refractivity contribution is 6.50. The van der Waals surface area contributed by atoms with E-state index in [2.05, 4.69) is 11.8 Å². The molecule has 0 spiro atoms. The van der Waals surface area contributed by atoms with E-state index in [1.807, 2.05) is 0 Å². The largest absolute Gasteiger partial charge is 0.297 e. The molecule has 2 rings (SSSR count). The normalized spacial score (nSPS) is 40.6. The van der Waals surface area contributed by atoms with Crippen LogP contribution in [-0.2, 0) is 0 Å². The fourth-order valence-corrected chi connectivity index (χ4v) is 2.82. The SMILES string of the molecule is C[C@H]([C@H]1CC1(Cl)Cl)N1CCC(F)C1. The zero-order chi connectivity index (χ0) is 9.64. The van der Waals surface area contributed by atoms with Gasteiger partial charge in [0.05, 0.1) is 0 Å². The van der Waals surface area contributed by atoms with Gasteiger partial charge in [0.2, 0.25) is 0 Å². The van der Waals surface area contributed by atoms with E-state index in [0.29, 0.717) is 24.9 Å². The minimum atomic E-state index is -0.652. The molecule has 0 aromatic heterocycles. The highest BCUT2D eigenvalue weighted by Gasteiger charge is 2.55. The number of hydrogen-bond acceptors (Lipinski definition) is 1. The van der Waals surface area contributed by atoms with Crippen LogP contribution in [0.4, 0.5) is 4.39 Å². The summed E-state index contributed by atoms with van der Waals surface area (Å²) in [7, 11) is 0. The van der Waals surface area contributed by atoms with Crippen molar-refractivity contribution in [3.05, 3.63) is 0 Å². The summed E-state index contributed by atoms with van der Waals surface area (Å²) in [4.78, 5) is 2.15. The van der Waals surface area contributed by atoms with Crippen molar-refractivity contribution in [2.75, 3.05) is 13.1 Å². The zero-order valence-corrected chi connectivity index (χ0v) is 9.15. The van der Waals surface area contributed by atoms with E-state index >= 15 is 0 Å². The van der Waals surface area contributed by atoms with Gasteiger partial charge in [-0.2, -0.15) is 0 Å². The fourth-order valence-electron chi connectivity index (χ4n) is 2.13. The molecule has 1 aliphatic carbocycles. The van der Waals surface area contributed by atoms with Crippen molar-refractivity contribution in [3.8, 4) is 0 Å². The first-order valence-electron chi connectivity index (χ1n) is 4.76. The Bertz CT molecular complexity index is 210. The van der Waals surface area contributed by atoms with E-state index in [-0.39, 0.29) is 0 Å². The first-order valence-corrected chi connectivity index (χ1v) is 5.52. The van der Waals surface area contributed by atoms with Gasteiger partial charge < -0.3 is 0 Å². The predicted octanol–water partition coefficient (Wildman–Crippen LogP) is 2.61. The van der Waals surface area contributed by atoms with Crippen LogP contribution < -0.4 is 0 Å². The van der Waals surface area contributed by atoms with Crippen molar-refractivity contribution in [2.24, 2.45) is 5.92 Å². The van der Waals surface area contributed by atoms with Crippen LogP contribution in [0.25, 0.3) is 0 Å². The van der Waals surface area contributed by atoms with E-state index < -0.39 is 10.5 Å². The predicted molar refractivity (Wildman–Crippen MR) is 53.1 cm³/mol. The number of halogens is 3. The fraction of sp³-hybridized carbons (Fsp3) is 1.00. The Hall–Kier alpha value is 0.470. The lowest BCUT2D eigenvalue weighted by Crippen LogP contribution is -2.34. The topological polar surface area (TPSA) is 3.24 Å². The molecule has 0 aromatic carbocycles. The van der Waals surface area contributed by atoms with Crippen molar-refractivity contribution in [1.29, 1.82) is 0 Å². The second-order valence-corrected chi connectivity index (χ2v) is 5.74. The van der Waals surface area contributed by atoms with Gasteiger partial charge in [0.15, 0.2) is 0 Å². The van der Waals surface area contributed by atoms with Crippen LogP contribution in [-0.4, -0.2) is 34.5 Å². The Morgan fingerprint density at radius 1 is 1.54 bits per heavy atom. The number of hydrogen-bond donors (Lipinski definition) is 0. The molecule has 1 unspecified atom stereocenters. The van der Waals surface area contributed by atoms with Crippen LogP contribution in [0.3, 0.4) is 0 Å². The van der Waals surface area contributed by atoms with Gasteiger partial charge in [-0.25, -0.2) is 4.39 Å². The first kappa shape index (κ1) is 10.0. The molecule has 0 amide bonds. The summed E-state index contributed by atoms with van der Waals surface area (Å²) >= 11 is 11.9. The molecular weight excluding hydrogens is 212 g/mol. The van der Waals surface area contributed by atoms with E-state index in [4.69, 9.17) is 23.2 Å². The van der Waals surface area contributed by atoms with E-state index in [9.17, 15) is 4.39 Å². The zero-order valence-electron chi connectivity index (χ0n) is 7.64. The third-order valence-electron chi connectivity index (χ3n) is 3.19. The minimum Gasteiger partial charge on any atom is -0.297 e. The molecule has 4 heteroatoms. The molecule has 1 heterocycles. The van der Waals surface area contributed by atoms with E-state index in [1.165, 1.54) is 0 Å². The van der Waals surface area contributed by atoms with Gasteiger partial charge in [-0.15, -0.1) is 23.2 Å². The number of nitrogens with zero attached hydrogens (tertiary/aromatic N) is 1. The van der Waals surface area contributed by atoms with Crippen molar-refractivity contribution in [2.45, 2.75) is 36.3 Å². The summed E-state index contributed by atoms with van der Waals surface area (Å²) in [6.45, 7) is 3.50. The third-order valence-corrected chi connectivity index (χ3v) is 4.06. The number of likely N-dealkylation sites (tertiary alicyclic amines) is 1. The third kappa shape index (κ3) is 1.95. The number of alkyl halides is 3. The lowest BCUT2D eigenvalue weighted by molar-refractivity contribution is 0.213. The van der Waals surface area contributed by atoms with Crippen LogP contribution in [0.2, 0.25) is 0 Å². The standard InChI is InChI=1S/C9H14Cl2FN/c1-6(8-4-9(8,10)11)13-3-2-7(12)5-13/h6-8H,2-5H2,1H3/t6-,7?,8-/m1/s1. The first-order chi connectivity index (χ1) is 6.00. The average molecular weight is 226 g/mol. The average Bonchev–Trinajstić information content (AvgIpc) is 2.47. The molecule has 2 aliphatic rings. The van der Waals surface area contributed by atoms with Crippen LogP contribution in [0.1, 0.15) is 19.8 Å². The molecule has 13 heavy (non-hydrogen) atoms. The molecule has 1 saturated heterocycles. The van der Waals surface area contributed by atoms with E-state index in [0.717, 1.165) is 13.0 Å². The van der Waals surface area contributed by atoms with Gasteiger partial charge in [0.25, 0.3) is 0 Å². The Morgan fingerprint density at radius 2 is 2.15 bits per heavy atom. The second-order valence-electron chi connectivity index (χ2n) is 4.19. The molecule has 0 N–H and O–H groups in total. The monoisotopic (exact) mass is 225 g/mol. The van der Waals surface area contributed by atoms with Crippen molar-refractivity contribution in [1.82, 2.24) is 4.90 Å². The van der Waals surface area contributed by atoms with E-state index in [1.54, 1.807) is 0 Å². The molecule has 0 radical (unpaired) electrons. The molecule has 0 aromatic rings. The summed E-state index contributed by atoms with van der Waals surface area (Å²) in [6.07, 6.45) is 0.862. The molecule has 1 saturated carbocycles. The summed E-state index contributed by atoms with van der Waals surface area (Å²) in [5.74, 6) is 0.334. The maximum Gasteiger partial charge on any atom is 0.123 e. The van der Waals surface area contributed by atoms with Crippen LogP contribution in [0, 0.1) is 5.92 Å². The lowest BCUT2D eigenvalue weighted by Gasteiger charge is -2.23. The summed E-state index contributed by atoms with van der Waals surface area (Å²) < 4.78 is 12.4. The van der Waals surface area contributed by atoms with Gasteiger partial charge in [-0.05, 0) is 19.8 Å². The minimum absolute atomic E-state index is 0.329. The Labute approximate surface area is 88.2 Å². The van der Waals surface area contributed by atoms with Crippen LogP contribution >= 0.6 is 23.2 Å². The van der Waals surface area contributed by atoms with Crippen LogP contribution in [0.15, 0.2) is 0 Å². The van der Waals surface area contributed by atoms with Gasteiger partial charge >= 0.3 is 0 Å². The maximum absolute atomic E-state index is 12.9. The lowest BCUT2D eigenvalue weighted by atomic mass is 10.2. The second kappa shape index (κ2) is 3.25. The molecule has 0 bridgehead atoms. The summed E-state index contributed by atoms with van der Waals surface area (Å²) in [5.41, 5.74) is 0. The molecule has 1 aliphatic heterocycles. The highest BCUT2D eigenvalue weighted by atomic mass is 35.5. The maximum atomic E-state index is 12.9. The smallest absolute Gasteiger partial charge is 0.123 e. The van der Waals surface area contributed by atoms with Crippen LogP contribution in [0.5, 0.6) is 0 Å². The Balaban J connectivity index is 1.88. The number of rotatable bonds is 2. The summed E-state index contributed by atoms with van der Waals surface area (Å²) in [5, 5.41) is 0. The Kier molecular flexibility index (Phi) is 2.50. The molecular formula is C9H14Cl2FN. The quantitative estimate of drug-likeness (QED) is 0.654. The van der Waals surface area contributed by atoms with Gasteiger partial charge in [-0.1, -0.05) is 0 Å². The molecule has 76 valence electrons.